The van der Waals surface area contributed by atoms with Crippen molar-refractivity contribution in [2.45, 2.75) is 26.2 Å². The van der Waals surface area contributed by atoms with Gasteiger partial charge in [-0.05, 0) is 60.8 Å². The number of thiocarbonyl (C=S) groups is 1. The number of hydrogen-bond acceptors (Lipinski definition) is 1. The Kier molecular flexibility index (Phi) is 4.20. The number of fused-ring (bicyclic) bond motifs is 1. The summed E-state index contributed by atoms with van der Waals surface area (Å²) in [6, 6.07) is 17.0. The fraction of sp³-hybridized carbons (Fsp3) is 0.278. The summed E-state index contributed by atoms with van der Waals surface area (Å²) in [5, 5.41) is 4.14. The highest BCUT2D eigenvalue weighted by Gasteiger charge is 2.19. The molecule has 0 radical (unpaired) electrons. The van der Waals surface area contributed by atoms with E-state index in [2.05, 4.69) is 65.7 Å². The van der Waals surface area contributed by atoms with Gasteiger partial charge in [-0.3, -0.25) is 0 Å². The van der Waals surface area contributed by atoms with E-state index in [1.165, 1.54) is 16.8 Å². The highest BCUT2D eigenvalue weighted by Crippen LogP contribution is 2.27. The third-order valence-electron chi connectivity index (χ3n) is 3.97. The van der Waals surface area contributed by atoms with Crippen molar-refractivity contribution in [3.05, 3.63) is 59.7 Å². The van der Waals surface area contributed by atoms with E-state index in [1.807, 2.05) is 0 Å². The zero-order valence-corrected chi connectivity index (χ0v) is 13.1. The minimum absolute atomic E-state index is 0.784. The monoisotopic (exact) mass is 296 g/mol. The first-order valence-corrected chi connectivity index (χ1v) is 7.94. The van der Waals surface area contributed by atoms with Crippen molar-refractivity contribution < 1.29 is 0 Å². The first-order chi connectivity index (χ1) is 10.3. The summed E-state index contributed by atoms with van der Waals surface area (Å²) in [6.45, 7) is 3.15. The quantitative estimate of drug-likeness (QED) is 0.827. The van der Waals surface area contributed by atoms with Gasteiger partial charge in [-0.25, -0.2) is 0 Å². The van der Waals surface area contributed by atoms with Gasteiger partial charge in [0.15, 0.2) is 5.11 Å². The SMILES string of the molecule is CCc1ccc(NC(=S)N2CCCc3ccccc32)cc1. The molecule has 0 amide bonds. The van der Waals surface area contributed by atoms with Crippen molar-refractivity contribution in [1.82, 2.24) is 0 Å². The lowest BCUT2D eigenvalue weighted by atomic mass is 10.0. The molecule has 0 unspecified atom stereocenters. The summed E-state index contributed by atoms with van der Waals surface area (Å²) < 4.78 is 0. The number of nitrogens with one attached hydrogen (secondary N) is 1. The molecular formula is C18H20N2S. The lowest BCUT2D eigenvalue weighted by Crippen LogP contribution is -2.38. The minimum atomic E-state index is 0.784. The van der Waals surface area contributed by atoms with E-state index in [4.69, 9.17) is 12.2 Å². The maximum atomic E-state index is 5.61. The molecule has 0 aliphatic carbocycles. The first kappa shape index (κ1) is 14.1. The highest BCUT2D eigenvalue weighted by molar-refractivity contribution is 7.80. The van der Waals surface area contributed by atoms with E-state index in [-0.39, 0.29) is 0 Å². The lowest BCUT2D eigenvalue weighted by Gasteiger charge is -2.31. The largest absolute Gasteiger partial charge is 0.332 e. The molecular weight excluding hydrogens is 276 g/mol. The van der Waals surface area contributed by atoms with Gasteiger partial charge < -0.3 is 10.2 Å². The lowest BCUT2D eigenvalue weighted by molar-refractivity contribution is 0.781. The fourth-order valence-corrected chi connectivity index (χ4v) is 3.07. The summed E-state index contributed by atoms with van der Waals surface area (Å²) in [5.74, 6) is 0. The van der Waals surface area contributed by atoms with Crippen LogP contribution in [0.2, 0.25) is 0 Å². The number of hydrogen-bond donors (Lipinski definition) is 1. The number of para-hydroxylation sites is 1. The van der Waals surface area contributed by atoms with E-state index in [0.717, 1.165) is 36.6 Å². The Hall–Kier alpha value is -1.87. The van der Waals surface area contributed by atoms with Crippen LogP contribution in [0.25, 0.3) is 0 Å². The summed E-state index contributed by atoms with van der Waals surface area (Å²) in [4.78, 5) is 2.21. The van der Waals surface area contributed by atoms with Crippen LogP contribution in [0.4, 0.5) is 11.4 Å². The molecule has 3 rings (SSSR count). The van der Waals surface area contributed by atoms with Crippen LogP contribution in [0, 0.1) is 0 Å². The van der Waals surface area contributed by atoms with Crippen LogP contribution >= 0.6 is 12.2 Å². The molecule has 0 fully saturated rings. The molecule has 1 aliphatic rings. The second kappa shape index (κ2) is 6.27. The Morgan fingerprint density at radius 3 is 2.67 bits per heavy atom. The van der Waals surface area contributed by atoms with Crippen LogP contribution in [-0.2, 0) is 12.8 Å². The van der Waals surface area contributed by atoms with E-state index >= 15 is 0 Å². The molecule has 0 spiro atoms. The van der Waals surface area contributed by atoms with E-state index < -0.39 is 0 Å². The summed E-state index contributed by atoms with van der Waals surface area (Å²) >= 11 is 5.61. The smallest absolute Gasteiger partial charge is 0.177 e. The molecule has 0 aromatic heterocycles. The molecule has 1 N–H and O–H groups in total. The van der Waals surface area contributed by atoms with Crippen molar-refractivity contribution in [3.63, 3.8) is 0 Å². The first-order valence-electron chi connectivity index (χ1n) is 7.53. The predicted octanol–water partition coefficient (Wildman–Crippen LogP) is 4.40. The molecule has 2 aromatic rings. The van der Waals surface area contributed by atoms with Gasteiger partial charge >= 0.3 is 0 Å². The Balaban J connectivity index is 1.76. The number of rotatable bonds is 2. The number of aryl methyl sites for hydroxylation is 2. The van der Waals surface area contributed by atoms with Gasteiger partial charge in [0.2, 0.25) is 0 Å². The standard InChI is InChI=1S/C18H20N2S/c1-2-14-9-11-16(12-10-14)19-18(21)20-13-5-7-15-6-3-4-8-17(15)20/h3-4,6,8-12H,2,5,7,13H2,1H3,(H,19,21). The van der Waals surface area contributed by atoms with Crippen LogP contribution in [0.5, 0.6) is 0 Å². The Bertz CT molecular complexity index is 634. The fourth-order valence-electron chi connectivity index (χ4n) is 2.76. The molecule has 108 valence electrons. The summed E-state index contributed by atoms with van der Waals surface area (Å²) in [6.07, 6.45) is 3.35. The number of benzene rings is 2. The van der Waals surface area contributed by atoms with Gasteiger partial charge in [0.1, 0.15) is 0 Å². The highest BCUT2D eigenvalue weighted by atomic mass is 32.1. The predicted molar refractivity (Wildman–Crippen MR) is 94.1 cm³/mol. The Morgan fingerprint density at radius 2 is 1.90 bits per heavy atom. The van der Waals surface area contributed by atoms with Crippen molar-refractivity contribution in [3.8, 4) is 0 Å². The van der Waals surface area contributed by atoms with Gasteiger partial charge in [-0.1, -0.05) is 37.3 Å². The molecule has 1 aliphatic heterocycles. The Labute approximate surface area is 131 Å². The molecule has 0 atom stereocenters. The van der Waals surface area contributed by atoms with Gasteiger partial charge in [0, 0.05) is 17.9 Å². The zero-order chi connectivity index (χ0) is 14.7. The number of anilines is 2. The van der Waals surface area contributed by atoms with Crippen molar-refractivity contribution in [2.75, 3.05) is 16.8 Å². The summed E-state index contributed by atoms with van der Waals surface area (Å²) in [5.41, 5.74) is 5.02. The van der Waals surface area contributed by atoms with Crippen LogP contribution < -0.4 is 10.2 Å². The minimum Gasteiger partial charge on any atom is -0.332 e. The molecule has 3 heteroatoms. The van der Waals surface area contributed by atoms with Crippen molar-refractivity contribution in [1.29, 1.82) is 0 Å². The van der Waals surface area contributed by atoms with Crippen LogP contribution in [0.1, 0.15) is 24.5 Å². The zero-order valence-electron chi connectivity index (χ0n) is 12.3. The second-order valence-corrected chi connectivity index (χ2v) is 5.75. The van der Waals surface area contributed by atoms with Gasteiger partial charge in [-0.2, -0.15) is 0 Å². The molecule has 0 saturated heterocycles. The van der Waals surface area contributed by atoms with Crippen LogP contribution in [0.3, 0.4) is 0 Å². The molecule has 2 nitrogen and oxygen atoms in total. The maximum Gasteiger partial charge on any atom is 0.177 e. The van der Waals surface area contributed by atoms with Gasteiger partial charge in [-0.15, -0.1) is 0 Å². The third-order valence-corrected chi connectivity index (χ3v) is 4.29. The molecule has 1 heterocycles. The number of nitrogens with zero attached hydrogens (tertiary/aromatic N) is 1. The third kappa shape index (κ3) is 3.08. The average Bonchev–Trinajstić information content (AvgIpc) is 2.55. The average molecular weight is 296 g/mol. The van der Waals surface area contributed by atoms with E-state index in [0.29, 0.717) is 0 Å². The van der Waals surface area contributed by atoms with Gasteiger partial charge in [0.05, 0.1) is 0 Å². The molecule has 21 heavy (non-hydrogen) atoms. The normalized spacial score (nSPS) is 13.7. The summed E-state index contributed by atoms with van der Waals surface area (Å²) in [7, 11) is 0. The van der Waals surface area contributed by atoms with Gasteiger partial charge in [0.25, 0.3) is 0 Å². The second-order valence-electron chi connectivity index (χ2n) is 5.36. The van der Waals surface area contributed by atoms with Crippen molar-refractivity contribution >= 4 is 28.7 Å². The molecule has 0 bridgehead atoms. The molecule has 2 aromatic carbocycles. The maximum absolute atomic E-state index is 5.61. The van der Waals surface area contributed by atoms with E-state index in [1.54, 1.807) is 0 Å². The topological polar surface area (TPSA) is 15.3 Å². The Morgan fingerprint density at radius 1 is 1.14 bits per heavy atom. The van der Waals surface area contributed by atoms with Crippen molar-refractivity contribution in [2.24, 2.45) is 0 Å². The van der Waals surface area contributed by atoms with E-state index in [9.17, 15) is 0 Å². The van der Waals surface area contributed by atoms with Crippen LogP contribution in [0.15, 0.2) is 48.5 Å². The van der Waals surface area contributed by atoms with Crippen LogP contribution in [-0.4, -0.2) is 11.7 Å². The molecule has 0 saturated carbocycles.